The lowest BCUT2D eigenvalue weighted by Crippen LogP contribution is -2.35. The fourth-order valence-corrected chi connectivity index (χ4v) is 2.28. The zero-order valence-electron chi connectivity index (χ0n) is 10.2. The van der Waals surface area contributed by atoms with Crippen LogP contribution in [0, 0.1) is 5.92 Å². The van der Waals surface area contributed by atoms with Crippen LogP contribution in [0.3, 0.4) is 0 Å². The van der Waals surface area contributed by atoms with Crippen molar-refractivity contribution in [1.29, 1.82) is 0 Å². The lowest BCUT2D eigenvalue weighted by molar-refractivity contribution is -0.157. The van der Waals surface area contributed by atoms with Crippen LogP contribution in [0.1, 0.15) is 37.3 Å². The summed E-state index contributed by atoms with van der Waals surface area (Å²) in [5.41, 5.74) is 0.290. The first-order valence-electron chi connectivity index (χ1n) is 6.42. The standard InChI is InChI=1S/C14H18F3N/c15-14(16,17)13(12-7-2-1-3-8-12)18-10-9-11-5-4-6-11/h1-3,7-8,11,13,18H,4-6,9-10H2. The Morgan fingerprint density at radius 1 is 1.17 bits per heavy atom. The fraction of sp³-hybridized carbons (Fsp3) is 0.571. The van der Waals surface area contributed by atoms with E-state index in [9.17, 15) is 13.2 Å². The molecule has 0 saturated heterocycles. The summed E-state index contributed by atoms with van der Waals surface area (Å²) >= 11 is 0. The van der Waals surface area contributed by atoms with Crippen molar-refractivity contribution in [3.63, 3.8) is 0 Å². The van der Waals surface area contributed by atoms with Crippen LogP contribution in [-0.4, -0.2) is 12.7 Å². The second-order valence-corrected chi connectivity index (χ2v) is 4.93. The Morgan fingerprint density at radius 2 is 1.83 bits per heavy atom. The summed E-state index contributed by atoms with van der Waals surface area (Å²) in [5, 5.41) is 2.65. The number of nitrogens with one attached hydrogen (secondary N) is 1. The molecule has 1 N–H and O–H groups in total. The molecule has 1 fully saturated rings. The average Bonchev–Trinajstić information content (AvgIpc) is 2.26. The Balaban J connectivity index is 1.93. The molecule has 100 valence electrons. The number of alkyl halides is 3. The Morgan fingerprint density at radius 3 is 2.33 bits per heavy atom. The second-order valence-electron chi connectivity index (χ2n) is 4.93. The van der Waals surface area contributed by atoms with Crippen molar-refractivity contribution < 1.29 is 13.2 Å². The van der Waals surface area contributed by atoms with Gasteiger partial charge in [0.05, 0.1) is 0 Å². The minimum atomic E-state index is -4.24. The van der Waals surface area contributed by atoms with Gasteiger partial charge < -0.3 is 5.32 Å². The molecule has 1 nitrogen and oxygen atoms in total. The molecule has 1 aromatic rings. The molecule has 0 heterocycles. The summed E-state index contributed by atoms with van der Waals surface area (Å²) < 4.78 is 38.9. The van der Waals surface area contributed by atoms with Crippen LogP contribution in [0.25, 0.3) is 0 Å². The highest BCUT2D eigenvalue weighted by atomic mass is 19.4. The molecule has 1 atom stereocenters. The van der Waals surface area contributed by atoms with Gasteiger partial charge in [-0.2, -0.15) is 13.2 Å². The molecule has 1 aliphatic rings. The molecule has 0 aliphatic heterocycles. The quantitative estimate of drug-likeness (QED) is 0.838. The monoisotopic (exact) mass is 257 g/mol. The summed E-state index contributed by atoms with van der Waals surface area (Å²) in [5.74, 6) is 0.627. The first kappa shape index (κ1) is 13.4. The van der Waals surface area contributed by atoms with E-state index in [1.54, 1.807) is 18.2 Å². The van der Waals surface area contributed by atoms with Gasteiger partial charge >= 0.3 is 6.18 Å². The molecule has 0 aromatic heterocycles. The minimum absolute atomic E-state index is 0.290. The summed E-state index contributed by atoms with van der Waals surface area (Å²) in [4.78, 5) is 0. The fourth-order valence-electron chi connectivity index (χ4n) is 2.28. The van der Waals surface area contributed by atoms with E-state index < -0.39 is 12.2 Å². The summed E-state index contributed by atoms with van der Waals surface area (Å²) in [6.07, 6.45) is 0.180. The molecule has 18 heavy (non-hydrogen) atoms. The van der Waals surface area contributed by atoms with Crippen LogP contribution in [-0.2, 0) is 0 Å². The molecule has 1 aromatic carbocycles. The van der Waals surface area contributed by atoms with E-state index in [1.807, 2.05) is 0 Å². The Labute approximate surface area is 105 Å². The molecule has 1 aliphatic carbocycles. The van der Waals surface area contributed by atoms with Crippen molar-refractivity contribution in [3.8, 4) is 0 Å². The van der Waals surface area contributed by atoms with Gasteiger partial charge in [-0.3, -0.25) is 0 Å². The van der Waals surface area contributed by atoms with Gasteiger partial charge in [0.15, 0.2) is 0 Å². The first-order valence-corrected chi connectivity index (χ1v) is 6.42. The van der Waals surface area contributed by atoms with Gasteiger partial charge in [0, 0.05) is 0 Å². The highest BCUT2D eigenvalue weighted by molar-refractivity contribution is 5.20. The number of hydrogen-bond donors (Lipinski definition) is 1. The summed E-state index contributed by atoms with van der Waals surface area (Å²) in [7, 11) is 0. The van der Waals surface area contributed by atoms with Crippen LogP contribution in [0.4, 0.5) is 13.2 Å². The Bertz CT molecular complexity index is 357. The maximum absolute atomic E-state index is 13.0. The second kappa shape index (κ2) is 5.74. The zero-order valence-corrected chi connectivity index (χ0v) is 10.2. The first-order chi connectivity index (χ1) is 8.57. The van der Waals surface area contributed by atoms with Gasteiger partial charge in [-0.25, -0.2) is 0 Å². The number of halogens is 3. The Kier molecular flexibility index (Phi) is 4.27. The largest absolute Gasteiger partial charge is 0.407 e. The van der Waals surface area contributed by atoms with Crippen LogP contribution < -0.4 is 5.32 Å². The average molecular weight is 257 g/mol. The van der Waals surface area contributed by atoms with Crippen LogP contribution in [0.2, 0.25) is 0 Å². The maximum atomic E-state index is 13.0. The van der Waals surface area contributed by atoms with Crippen LogP contribution in [0.15, 0.2) is 30.3 Å². The summed E-state index contributed by atoms with van der Waals surface area (Å²) in [6, 6.07) is 6.51. The van der Waals surface area contributed by atoms with E-state index in [4.69, 9.17) is 0 Å². The number of benzene rings is 1. The van der Waals surface area contributed by atoms with Crippen molar-refractivity contribution in [3.05, 3.63) is 35.9 Å². The normalized spacial score (nSPS) is 18.4. The van der Waals surface area contributed by atoms with E-state index in [1.165, 1.54) is 31.4 Å². The van der Waals surface area contributed by atoms with E-state index in [-0.39, 0.29) is 0 Å². The van der Waals surface area contributed by atoms with E-state index in [2.05, 4.69) is 5.32 Å². The van der Waals surface area contributed by atoms with Crippen molar-refractivity contribution in [2.45, 2.75) is 37.9 Å². The van der Waals surface area contributed by atoms with Crippen molar-refractivity contribution >= 4 is 0 Å². The third-order valence-corrected chi connectivity index (χ3v) is 3.59. The molecule has 1 unspecified atom stereocenters. The molecule has 0 spiro atoms. The zero-order chi connectivity index (χ0) is 13.0. The summed E-state index contributed by atoms with van der Waals surface area (Å²) in [6.45, 7) is 0.434. The van der Waals surface area contributed by atoms with Crippen LogP contribution in [0.5, 0.6) is 0 Å². The molecule has 4 heteroatoms. The van der Waals surface area contributed by atoms with Gasteiger partial charge in [0.1, 0.15) is 6.04 Å². The number of hydrogen-bond acceptors (Lipinski definition) is 1. The predicted octanol–water partition coefficient (Wildman–Crippen LogP) is 4.07. The van der Waals surface area contributed by atoms with Crippen molar-refractivity contribution in [1.82, 2.24) is 5.32 Å². The third kappa shape index (κ3) is 3.48. The molecule has 0 amide bonds. The topological polar surface area (TPSA) is 12.0 Å². The molecular formula is C14H18F3N. The van der Waals surface area contributed by atoms with Gasteiger partial charge in [-0.05, 0) is 24.4 Å². The molecule has 2 rings (SSSR count). The highest BCUT2D eigenvalue weighted by Gasteiger charge is 2.40. The van der Waals surface area contributed by atoms with Crippen molar-refractivity contribution in [2.24, 2.45) is 5.92 Å². The Hall–Kier alpha value is -1.03. The lowest BCUT2D eigenvalue weighted by atomic mass is 9.83. The maximum Gasteiger partial charge on any atom is 0.407 e. The van der Waals surface area contributed by atoms with Crippen molar-refractivity contribution in [2.75, 3.05) is 6.54 Å². The molecular weight excluding hydrogens is 239 g/mol. The number of rotatable bonds is 5. The van der Waals surface area contributed by atoms with E-state index in [0.29, 0.717) is 18.0 Å². The van der Waals surface area contributed by atoms with Gasteiger partial charge in [-0.15, -0.1) is 0 Å². The SMILES string of the molecule is FC(F)(F)C(NCCC1CCC1)c1ccccc1. The van der Waals surface area contributed by atoms with E-state index in [0.717, 1.165) is 6.42 Å². The van der Waals surface area contributed by atoms with E-state index >= 15 is 0 Å². The van der Waals surface area contributed by atoms with Gasteiger partial charge in [-0.1, -0.05) is 49.6 Å². The molecule has 0 radical (unpaired) electrons. The van der Waals surface area contributed by atoms with Crippen LogP contribution >= 0.6 is 0 Å². The molecule has 0 bridgehead atoms. The lowest BCUT2D eigenvalue weighted by Gasteiger charge is -2.27. The predicted molar refractivity (Wildman–Crippen MR) is 65.2 cm³/mol. The molecule has 1 saturated carbocycles. The highest BCUT2D eigenvalue weighted by Crippen LogP contribution is 2.33. The van der Waals surface area contributed by atoms with Gasteiger partial charge in [0.2, 0.25) is 0 Å². The third-order valence-electron chi connectivity index (χ3n) is 3.59. The minimum Gasteiger partial charge on any atom is -0.302 e. The van der Waals surface area contributed by atoms with Gasteiger partial charge in [0.25, 0.3) is 0 Å². The smallest absolute Gasteiger partial charge is 0.302 e.